The molecule has 27 heavy (non-hydrogen) atoms. The van der Waals surface area contributed by atoms with Crippen LogP contribution < -0.4 is 0 Å². The zero-order chi connectivity index (χ0) is 20.1. The summed E-state index contributed by atoms with van der Waals surface area (Å²) < 4.78 is 21.0. The van der Waals surface area contributed by atoms with Crippen LogP contribution in [-0.2, 0) is 33.3 Å². The Kier molecular flexibility index (Phi) is 6.05. The minimum atomic E-state index is -1.30. The normalized spacial score (nSPS) is 24.2. The van der Waals surface area contributed by atoms with Crippen LogP contribution in [0, 0.1) is 22.7 Å². The molecule has 2 rings (SSSR count). The van der Waals surface area contributed by atoms with Gasteiger partial charge in [-0.1, -0.05) is 0 Å². The predicted octanol–water partition coefficient (Wildman–Crippen LogP) is -0.655. The molecule has 142 valence electrons. The third kappa shape index (κ3) is 4.56. The highest BCUT2D eigenvalue weighted by atomic mass is 16.6. The first-order chi connectivity index (χ1) is 12.8. The van der Waals surface area contributed by atoms with Gasteiger partial charge in [-0.2, -0.15) is 10.5 Å². The molecule has 1 aromatic rings. The molecule has 0 N–H and O–H groups in total. The van der Waals surface area contributed by atoms with Crippen LogP contribution in [-0.4, -0.2) is 57.8 Å². The van der Waals surface area contributed by atoms with E-state index in [0.29, 0.717) is 0 Å². The minimum Gasteiger partial charge on any atom is -0.456 e. The zero-order valence-corrected chi connectivity index (χ0v) is 14.6. The van der Waals surface area contributed by atoms with Crippen molar-refractivity contribution in [2.45, 2.75) is 45.3 Å². The van der Waals surface area contributed by atoms with Gasteiger partial charge in [0.1, 0.15) is 12.1 Å². The topological polar surface area (TPSA) is 166 Å². The second-order valence-electron chi connectivity index (χ2n) is 5.46. The number of rotatable bonds is 4. The molecule has 12 nitrogen and oxygen atoms in total. The average molecular weight is 377 g/mol. The van der Waals surface area contributed by atoms with Gasteiger partial charge in [-0.05, 0) is 0 Å². The highest BCUT2D eigenvalue weighted by Gasteiger charge is 2.48. The molecule has 2 heterocycles. The molecule has 0 bridgehead atoms. The van der Waals surface area contributed by atoms with Gasteiger partial charge < -0.3 is 18.9 Å². The predicted molar refractivity (Wildman–Crippen MR) is 81.1 cm³/mol. The summed E-state index contributed by atoms with van der Waals surface area (Å²) in [6, 6.07) is 3.41. The summed E-state index contributed by atoms with van der Waals surface area (Å²) in [5, 5.41) is 25.7. The Morgan fingerprint density at radius 3 is 1.89 bits per heavy atom. The molecule has 4 unspecified atom stereocenters. The maximum atomic E-state index is 11.6. The summed E-state index contributed by atoms with van der Waals surface area (Å²) in [5.41, 5.74) is -0.511. The van der Waals surface area contributed by atoms with Crippen LogP contribution in [0.25, 0.3) is 0 Å². The summed E-state index contributed by atoms with van der Waals surface area (Å²) >= 11 is 0. The van der Waals surface area contributed by atoms with E-state index in [-0.39, 0.29) is 18.0 Å². The lowest BCUT2D eigenvalue weighted by atomic mass is 10.0. The number of ether oxygens (including phenoxy) is 4. The van der Waals surface area contributed by atoms with Gasteiger partial charge in [0.2, 0.25) is 17.6 Å². The summed E-state index contributed by atoms with van der Waals surface area (Å²) in [5.74, 6) is -2.10. The minimum absolute atomic E-state index is 0.231. The van der Waals surface area contributed by atoms with E-state index in [4.69, 9.17) is 29.5 Å². The number of esters is 3. The maximum absolute atomic E-state index is 11.6. The standard InChI is InChI=1S/C15H15N5O7/c1-7(21)25-12-6-24-15(20-18-10(4-16)11(5-17)19-20)14(27-9(3)23)13(12)26-8(2)22/h12-15H,6H2,1-3H3. The molecular formula is C15H15N5O7. The fourth-order valence-electron chi connectivity index (χ4n) is 2.51. The lowest BCUT2D eigenvalue weighted by Gasteiger charge is -2.39. The number of nitrogens with zero attached hydrogens (tertiary/aromatic N) is 5. The van der Waals surface area contributed by atoms with E-state index in [1.54, 1.807) is 12.1 Å². The lowest BCUT2D eigenvalue weighted by molar-refractivity contribution is -0.243. The van der Waals surface area contributed by atoms with Gasteiger partial charge in [0.25, 0.3) is 0 Å². The van der Waals surface area contributed by atoms with Crippen molar-refractivity contribution >= 4 is 17.9 Å². The van der Waals surface area contributed by atoms with Gasteiger partial charge in [-0.25, -0.2) is 0 Å². The third-order valence-corrected chi connectivity index (χ3v) is 3.39. The van der Waals surface area contributed by atoms with Crippen molar-refractivity contribution in [3.8, 4) is 12.1 Å². The first-order valence-electron chi connectivity index (χ1n) is 7.67. The maximum Gasteiger partial charge on any atom is 0.303 e. The molecule has 0 radical (unpaired) electrons. The van der Waals surface area contributed by atoms with Gasteiger partial charge in [-0.3, -0.25) is 14.4 Å². The monoisotopic (exact) mass is 377 g/mol. The van der Waals surface area contributed by atoms with Crippen molar-refractivity contribution in [2.75, 3.05) is 6.61 Å². The van der Waals surface area contributed by atoms with Crippen molar-refractivity contribution in [1.82, 2.24) is 15.0 Å². The van der Waals surface area contributed by atoms with E-state index in [9.17, 15) is 14.4 Å². The third-order valence-electron chi connectivity index (χ3n) is 3.39. The van der Waals surface area contributed by atoms with Gasteiger partial charge in [0, 0.05) is 20.8 Å². The average Bonchev–Trinajstić information content (AvgIpc) is 2.99. The Morgan fingerprint density at radius 2 is 1.44 bits per heavy atom. The van der Waals surface area contributed by atoms with Gasteiger partial charge in [0.05, 0.1) is 6.61 Å². The SMILES string of the molecule is CC(=O)OC1COC(n2nc(C#N)c(C#N)n2)C(OC(C)=O)C1OC(C)=O. The first-order valence-corrected chi connectivity index (χ1v) is 7.67. The molecule has 1 aliphatic heterocycles. The van der Waals surface area contributed by atoms with Crippen LogP contribution >= 0.6 is 0 Å². The van der Waals surface area contributed by atoms with Crippen LogP contribution in [0.5, 0.6) is 0 Å². The van der Waals surface area contributed by atoms with E-state index in [1.807, 2.05) is 0 Å². The summed E-state index contributed by atoms with van der Waals surface area (Å²) in [6.07, 6.45) is -4.78. The van der Waals surface area contributed by atoms with Crippen LogP contribution in [0.2, 0.25) is 0 Å². The molecule has 1 saturated heterocycles. The van der Waals surface area contributed by atoms with Crippen LogP contribution in [0.1, 0.15) is 38.4 Å². The van der Waals surface area contributed by atoms with Crippen molar-refractivity contribution in [3.63, 3.8) is 0 Å². The fraction of sp³-hybridized carbons (Fsp3) is 0.533. The fourth-order valence-corrected chi connectivity index (χ4v) is 2.51. The van der Waals surface area contributed by atoms with Gasteiger partial charge in [0.15, 0.2) is 18.3 Å². The number of nitriles is 2. The smallest absolute Gasteiger partial charge is 0.303 e. The zero-order valence-electron chi connectivity index (χ0n) is 14.6. The Morgan fingerprint density at radius 1 is 0.963 bits per heavy atom. The number of carbonyl (C=O) groups is 3. The van der Waals surface area contributed by atoms with E-state index in [1.165, 1.54) is 0 Å². The second-order valence-corrected chi connectivity index (χ2v) is 5.46. The highest BCUT2D eigenvalue weighted by molar-refractivity contribution is 5.68. The molecule has 0 aliphatic carbocycles. The van der Waals surface area contributed by atoms with Crippen molar-refractivity contribution in [2.24, 2.45) is 0 Å². The Bertz CT molecular complexity index is 805. The summed E-state index contributed by atoms with van der Waals surface area (Å²) in [7, 11) is 0. The van der Waals surface area contributed by atoms with Gasteiger partial charge in [-0.15, -0.1) is 15.0 Å². The van der Waals surface area contributed by atoms with Crippen LogP contribution in [0.15, 0.2) is 0 Å². The van der Waals surface area contributed by atoms with Crippen molar-refractivity contribution in [1.29, 1.82) is 10.5 Å². The van der Waals surface area contributed by atoms with Gasteiger partial charge >= 0.3 is 17.9 Å². The molecule has 0 saturated carbocycles. The van der Waals surface area contributed by atoms with E-state index in [2.05, 4.69) is 10.2 Å². The molecule has 0 aromatic carbocycles. The largest absolute Gasteiger partial charge is 0.456 e. The van der Waals surface area contributed by atoms with Crippen molar-refractivity contribution < 1.29 is 33.3 Å². The molecule has 0 amide bonds. The van der Waals surface area contributed by atoms with E-state index in [0.717, 1.165) is 25.6 Å². The highest BCUT2D eigenvalue weighted by Crippen LogP contribution is 2.30. The summed E-state index contributed by atoms with van der Waals surface area (Å²) in [6.45, 7) is 3.18. The van der Waals surface area contributed by atoms with Crippen LogP contribution in [0.4, 0.5) is 0 Å². The number of carbonyl (C=O) groups excluding carboxylic acids is 3. The molecule has 1 fully saturated rings. The molecular weight excluding hydrogens is 362 g/mol. The van der Waals surface area contributed by atoms with Crippen molar-refractivity contribution in [3.05, 3.63) is 11.4 Å². The number of aromatic nitrogens is 3. The Hall–Kier alpha value is -3.51. The quantitative estimate of drug-likeness (QED) is 0.483. The van der Waals surface area contributed by atoms with Crippen LogP contribution in [0.3, 0.4) is 0 Å². The molecule has 1 aliphatic rings. The number of hydrogen-bond acceptors (Lipinski definition) is 11. The summed E-state index contributed by atoms with van der Waals surface area (Å²) in [4.78, 5) is 35.3. The molecule has 12 heteroatoms. The lowest BCUT2D eigenvalue weighted by Crippen LogP contribution is -2.55. The van der Waals surface area contributed by atoms with E-state index >= 15 is 0 Å². The second kappa shape index (κ2) is 8.25. The van der Waals surface area contributed by atoms with E-state index < -0.39 is 42.4 Å². The molecule has 1 aromatic heterocycles. The Balaban J connectivity index is 2.44. The Labute approximate surface area is 153 Å². The molecule has 4 atom stereocenters. The first kappa shape index (κ1) is 19.8. The number of hydrogen-bond donors (Lipinski definition) is 0. The molecule has 0 spiro atoms.